The predicted molar refractivity (Wildman–Crippen MR) is 136 cm³/mol. The van der Waals surface area contributed by atoms with Crippen molar-refractivity contribution in [2.75, 3.05) is 4.72 Å². The summed E-state index contributed by atoms with van der Waals surface area (Å²) in [5.74, 6) is -0.486. The van der Waals surface area contributed by atoms with Crippen LogP contribution in [0.25, 0.3) is 22.0 Å². The van der Waals surface area contributed by atoms with E-state index in [0.717, 1.165) is 28.6 Å². The Bertz CT molecular complexity index is 1430. The van der Waals surface area contributed by atoms with E-state index in [4.69, 9.17) is 17.3 Å². The standard InChI is InChI=1S/C25H28ClN3O4S/c1-13(2)34(32,33)29-19-7-5-6-16(22(19)26)15-10-11-18(24(27)30)23-21(15)17-9-8-14(25(3,4)31)12-20(17)28-23/h5-7,10-11,14,28-29,31H,1,8-9,12H2,2-4H3,(H2,27,30). The molecule has 2 aromatic carbocycles. The summed E-state index contributed by atoms with van der Waals surface area (Å²) in [6.07, 6.45) is 2.13. The number of hydrogen-bond donors (Lipinski definition) is 4. The monoisotopic (exact) mass is 501 g/mol. The van der Waals surface area contributed by atoms with Crippen molar-refractivity contribution in [3.8, 4) is 11.1 Å². The van der Waals surface area contributed by atoms with Crippen molar-refractivity contribution in [2.45, 2.75) is 45.6 Å². The molecule has 1 unspecified atom stereocenters. The number of hydrogen-bond acceptors (Lipinski definition) is 4. The lowest BCUT2D eigenvalue weighted by Crippen LogP contribution is -2.34. The molecule has 3 aromatic rings. The van der Waals surface area contributed by atoms with Gasteiger partial charge in [0.2, 0.25) is 0 Å². The van der Waals surface area contributed by atoms with Gasteiger partial charge < -0.3 is 15.8 Å². The van der Waals surface area contributed by atoms with Crippen LogP contribution in [0.15, 0.2) is 41.8 Å². The number of rotatable bonds is 6. The first-order chi connectivity index (χ1) is 15.8. The summed E-state index contributed by atoms with van der Waals surface area (Å²) >= 11 is 6.70. The molecule has 0 radical (unpaired) electrons. The lowest BCUT2D eigenvalue weighted by molar-refractivity contribution is 0.0107. The van der Waals surface area contributed by atoms with Crippen molar-refractivity contribution < 1.29 is 18.3 Å². The van der Waals surface area contributed by atoms with Crippen LogP contribution < -0.4 is 10.5 Å². The van der Waals surface area contributed by atoms with Gasteiger partial charge in [-0.1, -0.05) is 36.4 Å². The van der Waals surface area contributed by atoms with Crippen molar-refractivity contribution in [3.05, 3.63) is 63.7 Å². The maximum atomic E-state index is 12.3. The molecule has 0 saturated heterocycles. The fourth-order valence-corrected chi connectivity index (χ4v) is 5.59. The number of H-pyrrole nitrogens is 1. The molecule has 0 spiro atoms. The average molecular weight is 502 g/mol. The fraction of sp³-hybridized carbons (Fsp3) is 0.320. The predicted octanol–water partition coefficient (Wildman–Crippen LogP) is 4.74. The van der Waals surface area contributed by atoms with Crippen LogP contribution in [0, 0.1) is 5.92 Å². The van der Waals surface area contributed by atoms with Crippen LogP contribution in [0.3, 0.4) is 0 Å². The van der Waals surface area contributed by atoms with Crippen LogP contribution in [0.4, 0.5) is 5.69 Å². The molecule has 1 aliphatic rings. The summed E-state index contributed by atoms with van der Waals surface area (Å²) in [6.45, 7) is 8.52. The number of anilines is 1. The highest BCUT2D eigenvalue weighted by molar-refractivity contribution is 7.96. The van der Waals surface area contributed by atoms with Gasteiger partial charge in [-0.2, -0.15) is 0 Å². The van der Waals surface area contributed by atoms with Crippen molar-refractivity contribution >= 4 is 44.1 Å². The number of aromatic amines is 1. The summed E-state index contributed by atoms with van der Waals surface area (Å²) in [5.41, 5.74) is 9.45. The van der Waals surface area contributed by atoms with E-state index in [0.29, 0.717) is 29.5 Å². The Morgan fingerprint density at radius 1 is 1.26 bits per heavy atom. The molecule has 180 valence electrons. The lowest BCUT2D eigenvalue weighted by Gasteiger charge is -2.32. The first-order valence-electron chi connectivity index (χ1n) is 11.0. The number of amides is 1. The van der Waals surface area contributed by atoms with Gasteiger partial charge in [-0.15, -0.1) is 0 Å². The summed E-state index contributed by atoms with van der Waals surface area (Å²) in [6, 6.07) is 8.55. The molecule has 7 nitrogen and oxygen atoms in total. The van der Waals surface area contributed by atoms with Gasteiger partial charge in [0.15, 0.2) is 0 Å². The fourth-order valence-electron chi connectivity index (χ4n) is 4.62. The topological polar surface area (TPSA) is 125 Å². The van der Waals surface area contributed by atoms with Crippen LogP contribution in [0.1, 0.15) is 48.8 Å². The number of aryl methyl sites for hydroxylation is 1. The van der Waals surface area contributed by atoms with Gasteiger partial charge in [0, 0.05) is 16.6 Å². The quantitative estimate of drug-likeness (QED) is 0.389. The normalized spacial score (nSPS) is 16.3. The smallest absolute Gasteiger partial charge is 0.257 e. The molecule has 1 heterocycles. The summed E-state index contributed by atoms with van der Waals surface area (Å²) in [4.78, 5) is 15.6. The number of aromatic nitrogens is 1. The first kappa shape index (κ1) is 24.3. The number of allylic oxidation sites excluding steroid dienone is 1. The molecule has 1 aliphatic carbocycles. The number of halogens is 1. The second-order valence-electron chi connectivity index (χ2n) is 9.43. The van der Waals surface area contributed by atoms with Crippen molar-refractivity contribution in [1.29, 1.82) is 0 Å². The van der Waals surface area contributed by atoms with E-state index in [1.807, 2.05) is 19.9 Å². The van der Waals surface area contributed by atoms with Gasteiger partial charge in [-0.25, -0.2) is 8.42 Å². The molecule has 0 bridgehead atoms. The lowest BCUT2D eigenvalue weighted by atomic mass is 9.77. The number of fused-ring (bicyclic) bond motifs is 3. The molecule has 9 heteroatoms. The van der Waals surface area contributed by atoms with E-state index in [1.54, 1.807) is 24.3 Å². The maximum Gasteiger partial charge on any atom is 0.257 e. The zero-order valence-corrected chi connectivity index (χ0v) is 20.9. The second-order valence-corrected chi connectivity index (χ2v) is 11.7. The van der Waals surface area contributed by atoms with Gasteiger partial charge in [0.25, 0.3) is 15.9 Å². The Morgan fingerprint density at radius 3 is 2.59 bits per heavy atom. The number of aliphatic hydroxyl groups is 1. The Balaban J connectivity index is 1.93. The SMILES string of the molecule is C=C(C)S(=O)(=O)Nc1cccc(-c2ccc(C(N)=O)c3[nH]c4c(c23)CCC(C(C)(C)O)C4)c1Cl. The number of carbonyl (C=O) groups excluding carboxylic acids is 1. The third-order valence-electron chi connectivity index (χ3n) is 6.60. The molecule has 0 saturated carbocycles. The largest absolute Gasteiger partial charge is 0.390 e. The summed E-state index contributed by atoms with van der Waals surface area (Å²) < 4.78 is 27.2. The molecule has 34 heavy (non-hydrogen) atoms. The third-order valence-corrected chi connectivity index (χ3v) is 8.41. The molecule has 5 N–H and O–H groups in total. The molecule has 4 rings (SSSR count). The maximum absolute atomic E-state index is 12.3. The number of nitrogens with two attached hydrogens (primary N) is 1. The Labute approximate surface area is 204 Å². The minimum Gasteiger partial charge on any atom is -0.390 e. The van der Waals surface area contributed by atoms with E-state index < -0.39 is 21.5 Å². The molecular weight excluding hydrogens is 474 g/mol. The van der Waals surface area contributed by atoms with E-state index in [2.05, 4.69) is 16.3 Å². The molecule has 0 aliphatic heterocycles. The van der Waals surface area contributed by atoms with Gasteiger partial charge >= 0.3 is 0 Å². The van der Waals surface area contributed by atoms with E-state index in [-0.39, 0.29) is 21.5 Å². The first-order valence-corrected chi connectivity index (χ1v) is 12.8. The Kier molecular flexibility index (Phi) is 6.04. The minimum atomic E-state index is -3.78. The van der Waals surface area contributed by atoms with Crippen LogP contribution in [0.5, 0.6) is 0 Å². The zero-order chi connectivity index (χ0) is 25.0. The van der Waals surface area contributed by atoms with Crippen LogP contribution in [0.2, 0.25) is 5.02 Å². The van der Waals surface area contributed by atoms with E-state index in [9.17, 15) is 18.3 Å². The van der Waals surface area contributed by atoms with Crippen molar-refractivity contribution in [2.24, 2.45) is 11.7 Å². The van der Waals surface area contributed by atoms with Crippen LogP contribution in [-0.4, -0.2) is 30.0 Å². The molecule has 1 atom stereocenters. The highest BCUT2D eigenvalue weighted by Crippen LogP contribution is 2.43. The second kappa shape index (κ2) is 8.45. The number of carbonyl (C=O) groups is 1. The Morgan fingerprint density at radius 2 is 1.97 bits per heavy atom. The summed E-state index contributed by atoms with van der Waals surface area (Å²) in [7, 11) is -3.78. The molecular formula is C25H28ClN3O4S. The van der Waals surface area contributed by atoms with Crippen molar-refractivity contribution in [3.63, 3.8) is 0 Å². The van der Waals surface area contributed by atoms with Gasteiger partial charge in [-0.05, 0) is 69.2 Å². The van der Waals surface area contributed by atoms with Crippen LogP contribution in [-0.2, 0) is 22.9 Å². The average Bonchev–Trinajstić information content (AvgIpc) is 3.12. The van der Waals surface area contributed by atoms with Crippen LogP contribution >= 0.6 is 11.6 Å². The van der Waals surface area contributed by atoms with Crippen molar-refractivity contribution in [1.82, 2.24) is 4.98 Å². The number of sulfonamides is 1. The molecule has 1 amide bonds. The van der Waals surface area contributed by atoms with Gasteiger partial charge in [-0.3, -0.25) is 9.52 Å². The highest BCUT2D eigenvalue weighted by atomic mass is 35.5. The van der Waals surface area contributed by atoms with Gasteiger partial charge in [0.05, 0.1) is 32.3 Å². The number of benzene rings is 2. The van der Waals surface area contributed by atoms with E-state index >= 15 is 0 Å². The third kappa shape index (κ3) is 4.21. The molecule has 0 fully saturated rings. The molecule has 1 aromatic heterocycles. The number of nitrogens with one attached hydrogen (secondary N) is 2. The highest BCUT2D eigenvalue weighted by Gasteiger charge is 2.33. The zero-order valence-electron chi connectivity index (χ0n) is 19.3. The minimum absolute atomic E-state index is 0.0248. The van der Waals surface area contributed by atoms with E-state index in [1.165, 1.54) is 6.92 Å². The Hall–Kier alpha value is -2.81. The summed E-state index contributed by atoms with van der Waals surface area (Å²) in [5, 5.41) is 11.6. The number of primary amides is 1. The van der Waals surface area contributed by atoms with Gasteiger partial charge in [0.1, 0.15) is 0 Å².